The van der Waals surface area contributed by atoms with Crippen LogP contribution in [-0.2, 0) is 6.54 Å². The van der Waals surface area contributed by atoms with Crippen molar-refractivity contribution in [3.05, 3.63) is 24.3 Å². The van der Waals surface area contributed by atoms with Crippen LogP contribution in [0.5, 0.6) is 0 Å². The first-order valence-corrected chi connectivity index (χ1v) is 7.02. The Kier molecular flexibility index (Phi) is 2.70. The van der Waals surface area contributed by atoms with Crippen molar-refractivity contribution >= 4 is 0 Å². The molecule has 0 saturated heterocycles. The number of hydrogen-bond acceptors (Lipinski definition) is 3. The van der Waals surface area contributed by atoms with Crippen molar-refractivity contribution in [3.63, 3.8) is 0 Å². The number of rotatable bonds is 3. The van der Waals surface area contributed by atoms with Gasteiger partial charge in [0, 0.05) is 18.8 Å². The summed E-state index contributed by atoms with van der Waals surface area (Å²) in [6.45, 7) is 8.25. The van der Waals surface area contributed by atoms with E-state index in [0.717, 1.165) is 18.2 Å². The van der Waals surface area contributed by atoms with E-state index in [-0.39, 0.29) is 0 Å². The zero-order chi connectivity index (χ0) is 12.8. The van der Waals surface area contributed by atoms with Crippen LogP contribution in [0.3, 0.4) is 0 Å². The molecule has 98 valence electrons. The lowest BCUT2D eigenvalue weighted by Gasteiger charge is -2.39. The molecule has 3 unspecified atom stereocenters. The zero-order valence-electron chi connectivity index (χ0n) is 11.6. The topological polar surface area (TPSA) is 37.8 Å². The van der Waals surface area contributed by atoms with Crippen molar-refractivity contribution in [2.45, 2.75) is 52.6 Å². The molecular formula is C15H23N3. The highest BCUT2D eigenvalue weighted by molar-refractivity contribution is 5.13. The van der Waals surface area contributed by atoms with Gasteiger partial charge < -0.3 is 5.32 Å². The Bertz CT molecular complexity index is 429. The number of hydrogen-bond donors (Lipinski definition) is 1. The molecule has 2 aliphatic carbocycles. The molecule has 2 aliphatic rings. The minimum atomic E-state index is 0.449. The van der Waals surface area contributed by atoms with E-state index in [9.17, 15) is 0 Å². The average molecular weight is 245 g/mol. The molecule has 0 aliphatic heterocycles. The molecule has 0 radical (unpaired) electrons. The third-order valence-corrected chi connectivity index (χ3v) is 5.97. The largest absolute Gasteiger partial charge is 0.308 e. The second-order valence-corrected chi connectivity index (χ2v) is 6.74. The number of nitrogens with zero attached hydrogens (tertiary/aromatic N) is 2. The predicted molar refractivity (Wildman–Crippen MR) is 71.9 cm³/mol. The monoisotopic (exact) mass is 245 g/mol. The minimum Gasteiger partial charge on any atom is -0.308 e. The van der Waals surface area contributed by atoms with E-state index in [4.69, 9.17) is 0 Å². The van der Waals surface area contributed by atoms with Gasteiger partial charge in [-0.1, -0.05) is 20.8 Å². The second-order valence-electron chi connectivity index (χ2n) is 6.74. The van der Waals surface area contributed by atoms with Gasteiger partial charge in [-0.05, 0) is 42.1 Å². The van der Waals surface area contributed by atoms with Gasteiger partial charge in [0.25, 0.3) is 0 Å². The van der Waals surface area contributed by atoms with Crippen molar-refractivity contribution in [1.82, 2.24) is 15.3 Å². The third kappa shape index (κ3) is 1.60. The Morgan fingerprint density at radius 3 is 2.78 bits per heavy atom. The molecule has 3 nitrogen and oxygen atoms in total. The molecule has 1 aromatic heterocycles. The summed E-state index contributed by atoms with van der Waals surface area (Å²) in [5.74, 6) is 0.894. The van der Waals surface area contributed by atoms with Crippen LogP contribution in [0, 0.1) is 16.7 Å². The van der Waals surface area contributed by atoms with Gasteiger partial charge in [-0.15, -0.1) is 0 Å². The molecular weight excluding hydrogens is 222 g/mol. The lowest BCUT2D eigenvalue weighted by molar-refractivity contribution is 0.120. The van der Waals surface area contributed by atoms with Crippen LogP contribution in [0.25, 0.3) is 0 Å². The lowest BCUT2D eigenvalue weighted by atomic mass is 9.69. The fourth-order valence-corrected chi connectivity index (χ4v) is 4.16. The molecule has 3 atom stereocenters. The minimum absolute atomic E-state index is 0.449. The van der Waals surface area contributed by atoms with E-state index < -0.39 is 0 Å². The maximum atomic E-state index is 4.29. The molecule has 1 aromatic rings. The fraction of sp³-hybridized carbons (Fsp3) is 0.733. The third-order valence-electron chi connectivity index (χ3n) is 5.97. The molecule has 0 aromatic carbocycles. The molecule has 2 fully saturated rings. The first-order valence-electron chi connectivity index (χ1n) is 7.02. The van der Waals surface area contributed by atoms with Crippen molar-refractivity contribution in [2.24, 2.45) is 16.7 Å². The van der Waals surface area contributed by atoms with Crippen LogP contribution in [-0.4, -0.2) is 16.0 Å². The van der Waals surface area contributed by atoms with E-state index in [1.165, 1.54) is 19.3 Å². The number of fused-ring (bicyclic) bond motifs is 2. The number of aromatic nitrogens is 2. The Morgan fingerprint density at radius 2 is 2.22 bits per heavy atom. The zero-order valence-corrected chi connectivity index (χ0v) is 11.6. The van der Waals surface area contributed by atoms with E-state index in [1.54, 1.807) is 6.33 Å². The van der Waals surface area contributed by atoms with Gasteiger partial charge in [0.2, 0.25) is 0 Å². The van der Waals surface area contributed by atoms with Crippen LogP contribution in [0.4, 0.5) is 0 Å². The summed E-state index contributed by atoms with van der Waals surface area (Å²) in [7, 11) is 0. The van der Waals surface area contributed by atoms with E-state index in [1.807, 2.05) is 12.3 Å². The first kappa shape index (κ1) is 12.1. The quantitative estimate of drug-likeness (QED) is 0.890. The summed E-state index contributed by atoms with van der Waals surface area (Å²) in [6, 6.07) is 2.63. The van der Waals surface area contributed by atoms with Crippen molar-refractivity contribution in [1.29, 1.82) is 0 Å². The Labute approximate surface area is 109 Å². The van der Waals surface area contributed by atoms with Crippen LogP contribution in [0.2, 0.25) is 0 Å². The van der Waals surface area contributed by atoms with Crippen molar-refractivity contribution < 1.29 is 0 Å². The smallest absolute Gasteiger partial charge is 0.115 e. The van der Waals surface area contributed by atoms with Gasteiger partial charge in [0.05, 0.1) is 5.69 Å². The molecule has 3 heteroatoms. The summed E-state index contributed by atoms with van der Waals surface area (Å²) in [5, 5.41) is 3.74. The Morgan fingerprint density at radius 1 is 1.39 bits per heavy atom. The van der Waals surface area contributed by atoms with E-state index >= 15 is 0 Å². The normalized spacial score (nSPS) is 37.1. The van der Waals surface area contributed by atoms with Gasteiger partial charge in [-0.3, -0.25) is 0 Å². The molecule has 2 bridgehead atoms. The summed E-state index contributed by atoms with van der Waals surface area (Å²) in [6.07, 6.45) is 7.55. The Hall–Kier alpha value is -0.960. The highest BCUT2D eigenvalue weighted by atomic mass is 15.0. The summed E-state index contributed by atoms with van der Waals surface area (Å²) in [4.78, 5) is 8.25. The molecule has 2 saturated carbocycles. The van der Waals surface area contributed by atoms with Gasteiger partial charge in [0.15, 0.2) is 0 Å². The van der Waals surface area contributed by atoms with Crippen molar-refractivity contribution in [2.75, 3.05) is 0 Å². The maximum absolute atomic E-state index is 4.29. The summed E-state index contributed by atoms with van der Waals surface area (Å²) < 4.78 is 0. The summed E-state index contributed by atoms with van der Waals surface area (Å²) >= 11 is 0. The molecule has 0 spiro atoms. The molecule has 3 rings (SSSR count). The van der Waals surface area contributed by atoms with Crippen LogP contribution >= 0.6 is 0 Å². The highest BCUT2D eigenvalue weighted by Crippen LogP contribution is 2.65. The molecule has 18 heavy (non-hydrogen) atoms. The van der Waals surface area contributed by atoms with Crippen LogP contribution < -0.4 is 5.32 Å². The predicted octanol–water partition coefficient (Wildman–Crippen LogP) is 2.78. The number of nitrogens with one attached hydrogen (secondary N) is 1. The lowest BCUT2D eigenvalue weighted by Crippen LogP contribution is -2.44. The molecule has 0 amide bonds. The highest BCUT2D eigenvalue weighted by Gasteiger charge is 2.60. The maximum Gasteiger partial charge on any atom is 0.115 e. The van der Waals surface area contributed by atoms with Gasteiger partial charge >= 0.3 is 0 Å². The van der Waals surface area contributed by atoms with Gasteiger partial charge in [-0.25, -0.2) is 9.97 Å². The SMILES string of the molecule is CC1(C)C2CCC1(C)C(NCc1ccncn1)C2. The first-order chi connectivity index (χ1) is 8.54. The van der Waals surface area contributed by atoms with Gasteiger partial charge in [0.1, 0.15) is 6.33 Å². The summed E-state index contributed by atoms with van der Waals surface area (Å²) in [5.41, 5.74) is 2.02. The van der Waals surface area contributed by atoms with Crippen LogP contribution in [0.15, 0.2) is 18.6 Å². The van der Waals surface area contributed by atoms with E-state index in [2.05, 4.69) is 36.1 Å². The Balaban J connectivity index is 1.69. The second kappa shape index (κ2) is 4.02. The standard InChI is InChI=1S/C15H23N3/c1-14(2)11-4-6-15(14,3)13(8-11)17-9-12-5-7-16-10-18-12/h5,7,10-11,13,17H,4,6,8-9H2,1-3H3. The van der Waals surface area contributed by atoms with Crippen LogP contribution in [0.1, 0.15) is 45.7 Å². The average Bonchev–Trinajstić information content (AvgIpc) is 2.70. The molecule has 1 heterocycles. The molecule has 1 N–H and O–H groups in total. The van der Waals surface area contributed by atoms with E-state index in [0.29, 0.717) is 16.9 Å². The van der Waals surface area contributed by atoms with Crippen molar-refractivity contribution in [3.8, 4) is 0 Å². The fourth-order valence-electron chi connectivity index (χ4n) is 4.16. The van der Waals surface area contributed by atoms with Gasteiger partial charge in [-0.2, -0.15) is 0 Å².